The Balaban J connectivity index is 2.63. The molecule has 6 heteroatoms. The molecule has 1 heterocycles. The molecular formula is C5H9BrN2S3. The molecule has 0 saturated heterocycles. The fourth-order valence-electron chi connectivity index (χ4n) is 0.521. The van der Waals surface area contributed by atoms with Gasteiger partial charge in [0.1, 0.15) is 4.32 Å². The van der Waals surface area contributed by atoms with Gasteiger partial charge < -0.3 is 5.73 Å². The van der Waals surface area contributed by atoms with Crippen molar-refractivity contribution in [1.82, 2.24) is 0 Å². The van der Waals surface area contributed by atoms with Crippen molar-refractivity contribution in [2.24, 2.45) is 10.7 Å². The van der Waals surface area contributed by atoms with Crippen LogP contribution < -0.4 is 5.73 Å². The maximum Gasteiger partial charge on any atom is 0.171 e. The van der Waals surface area contributed by atoms with Gasteiger partial charge in [0.15, 0.2) is 5.17 Å². The smallest absolute Gasteiger partial charge is 0.171 e. The van der Waals surface area contributed by atoms with Gasteiger partial charge in [-0.3, -0.25) is 0 Å². The van der Waals surface area contributed by atoms with Crippen LogP contribution in [0.15, 0.2) is 4.99 Å². The molecule has 11 heavy (non-hydrogen) atoms. The molecule has 1 rings (SSSR count). The lowest BCUT2D eigenvalue weighted by atomic mass is 10.6. The summed E-state index contributed by atoms with van der Waals surface area (Å²) in [5.41, 5.74) is 5.55. The molecule has 0 bridgehead atoms. The van der Waals surface area contributed by atoms with E-state index in [1.54, 1.807) is 22.6 Å². The summed E-state index contributed by atoms with van der Waals surface area (Å²) in [5.74, 6) is 0. The van der Waals surface area contributed by atoms with Gasteiger partial charge in [0.2, 0.25) is 0 Å². The van der Waals surface area contributed by atoms with Gasteiger partial charge in [-0.25, -0.2) is 4.99 Å². The van der Waals surface area contributed by atoms with Crippen LogP contribution in [-0.4, -0.2) is 14.7 Å². The van der Waals surface area contributed by atoms with E-state index in [0.717, 1.165) is 4.32 Å². The Hall–Kier alpha value is 0.870. The highest BCUT2D eigenvalue weighted by Crippen LogP contribution is 2.46. The fourth-order valence-corrected chi connectivity index (χ4v) is 6.26. The van der Waals surface area contributed by atoms with Gasteiger partial charge in [-0.1, -0.05) is 25.6 Å². The van der Waals surface area contributed by atoms with Crippen LogP contribution in [0.25, 0.3) is 0 Å². The van der Waals surface area contributed by atoms with Crippen molar-refractivity contribution in [3.63, 3.8) is 0 Å². The van der Waals surface area contributed by atoms with E-state index < -0.39 is 0 Å². The second-order valence-corrected chi connectivity index (χ2v) is 10.2. The van der Waals surface area contributed by atoms with Crippen LogP contribution >= 0.6 is 45.3 Å². The monoisotopic (exact) mass is 272 g/mol. The zero-order valence-electron chi connectivity index (χ0n) is 6.20. The highest BCUT2D eigenvalue weighted by atomic mass is 79.9. The van der Waals surface area contributed by atoms with Crippen molar-refractivity contribution in [1.29, 1.82) is 0 Å². The van der Waals surface area contributed by atoms with Crippen LogP contribution in [-0.2, 0) is 0 Å². The lowest BCUT2D eigenvalue weighted by molar-refractivity contribution is 1.12. The predicted molar refractivity (Wildman–Crippen MR) is 63.5 cm³/mol. The third kappa shape index (κ3) is 3.01. The molecule has 0 amide bonds. The summed E-state index contributed by atoms with van der Waals surface area (Å²) in [7, 11) is 1.60. The Kier molecular flexibility index (Phi) is 3.80. The molecule has 64 valence electrons. The van der Waals surface area contributed by atoms with Crippen LogP contribution in [0.5, 0.6) is 0 Å². The topological polar surface area (TPSA) is 38.4 Å². The molecule has 1 aliphatic rings. The van der Waals surface area contributed by atoms with Gasteiger partial charge in [0, 0.05) is 5.25 Å². The van der Waals surface area contributed by atoms with Crippen LogP contribution in [0.4, 0.5) is 0 Å². The van der Waals surface area contributed by atoms with E-state index in [-0.39, 0.29) is 7.95 Å². The number of nitrogens with zero attached hydrogens (tertiary/aromatic N) is 1. The van der Waals surface area contributed by atoms with Gasteiger partial charge in [0.25, 0.3) is 0 Å². The molecule has 0 aromatic heterocycles. The third-order valence-corrected chi connectivity index (χ3v) is 7.65. The lowest BCUT2D eigenvalue weighted by Gasteiger charge is -2.01. The quantitative estimate of drug-likeness (QED) is 0.589. The zero-order chi connectivity index (χ0) is 8.43. The van der Waals surface area contributed by atoms with Crippen molar-refractivity contribution in [3.8, 4) is 0 Å². The highest BCUT2D eigenvalue weighted by molar-refractivity contribution is 9.65. The van der Waals surface area contributed by atoms with E-state index >= 15 is 0 Å². The maximum absolute atomic E-state index is 5.55. The number of nitrogens with two attached hydrogens (primary N) is 1. The van der Waals surface area contributed by atoms with E-state index in [1.165, 1.54) is 0 Å². The minimum atomic E-state index is 0.0188. The van der Waals surface area contributed by atoms with Gasteiger partial charge >= 0.3 is 0 Å². The predicted octanol–water partition coefficient (Wildman–Crippen LogP) is 2.77. The average molecular weight is 273 g/mol. The molecule has 0 radical (unpaired) electrons. The Bertz CT molecular complexity index is 224. The normalized spacial score (nSPS) is 24.5. The van der Waals surface area contributed by atoms with Gasteiger partial charge in [-0.05, 0) is 33.6 Å². The number of halogens is 1. The molecule has 2 N–H and O–H groups in total. The lowest BCUT2D eigenvalue weighted by Crippen LogP contribution is -2.03. The number of hydrogen-bond donors (Lipinski definition) is 1. The molecular weight excluding hydrogens is 264 g/mol. The first-order valence-electron chi connectivity index (χ1n) is 3.06. The summed E-state index contributed by atoms with van der Waals surface area (Å²) >= 11 is 5.28. The van der Waals surface area contributed by atoms with Crippen LogP contribution in [0.1, 0.15) is 13.8 Å². The van der Waals surface area contributed by atoms with Gasteiger partial charge in [-0.2, -0.15) is 0 Å². The summed E-state index contributed by atoms with van der Waals surface area (Å²) in [5, 5.41) is 1.25. The Labute approximate surface area is 84.3 Å². The van der Waals surface area contributed by atoms with E-state index in [0.29, 0.717) is 10.4 Å². The van der Waals surface area contributed by atoms with Crippen LogP contribution in [0.3, 0.4) is 0 Å². The summed E-state index contributed by atoms with van der Waals surface area (Å²) in [4.78, 5) is 4.21. The first-order valence-corrected chi connectivity index (χ1v) is 8.34. The van der Waals surface area contributed by atoms with Crippen molar-refractivity contribution in [3.05, 3.63) is 0 Å². The van der Waals surface area contributed by atoms with E-state index in [4.69, 9.17) is 5.73 Å². The third-order valence-electron chi connectivity index (χ3n) is 0.834. The maximum atomic E-state index is 5.55. The first kappa shape index (κ1) is 9.95. The minimum absolute atomic E-state index is 0.0188. The molecule has 1 unspecified atom stereocenters. The van der Waals surface area contributed by atoms with Gasteiger partial charge in [-0.15, -0.1) is 0 Å². The molecule has 0 aromatic rings. The zero-order valence-corrected chi connectivity index (χ0v) is 10.2. The number of rotatable bonds is 1. The van der Waals surface area contributed by atoms with E-state index in [1.807, 2.05) is 0 Å². The number of hydrogen-bond acceptors (Lipinski definition) is 4. The van der Waals surface area contributed by atoms with Crippen molar-refractivity contribution in [2.45, 2.75) is 19.1 Å². The number of amidine groups is 1. The van der Waals surface area contributed by atoms with E-state index in [9.17, 15) is 0 Å². The molecule has 0 fully saturated rings. The van der Waals surface area contributed by atoms with Crippen molar-refractivity contribution < 1.29 is 0 Å². The van der Waals surface area contributed by atoms with Crippen LogP contribution in [0.2, 0.25) is 0 Å². The molecule has 0 saturated carbocycles. The highest BCUT2D eigenvalue weighted by Gasteiger charge is 2.14. The standard InChI is InChI=1S/C5H9BrN2S3/c1-3(2)9-5-8-4(7)10-11(5)6/h3H,1-2H3,(H2,7,8). The summed E-state index contributed by atoms with van der Waals surface area (Å²) in [6.07, 6.45) is 0. The first-order chi connectivity index (χ1) is 5.09. The fraction of sp³-hybridized carbons (Fsp3) is 0.600. The summed E-state index contributed by atoms with van der Waals surface area (Å²) in [6.45, 7) is 4.30. The molecule has 0 aromatic carbocycles. The SMILES string of the molecule is CC(C)SC1=S(Br)SC(N)=N1. The Morgan fingerprint density at radius 2 is 2.36 bits per heavy atom. The van der Waals surface area contributed by atoms with Crippen LogP contribution in [0, 0.1) is 0 Å². The molecule has 1 aliphatic heterocycles. The molecule has 0 spiro atoms. The summed E-state index contributed by atoms with van der Waals surface area (Å²) in [6, 6.07) is 0. The summed E-state index contributed by atoms with van der Waals surface area (Å²) < 4.78 is 1.11. The van der Waals surface area contributed by atoms with Gasteiger partial charge in [0.05, 0.1) is 0 Å². The Morgan fingerprint density at radius 1 is 1.73 bits per heavy atom. The molecule has 1 atom stereocenters. The van der Waals surface area contributed by atoms with Crippen molar-refractivity contribution >= 4 is 54.8 Å². The molecule has 0 aliphatic carbocycles. The molecule has 2 nitrogen and oxygen atoms in total. The number of thioether (sulfide) groups is 1. The largest absolute Gasteiger partial charge is 0.377 e. The van der Waals surface area contributed by atoms with Crippen molar-refractivity contribution in [2.75, 3.05) is 0 Å². The van der Waals surface area contributed by atoms with E-state index in [2.05, 4.69) is 33.7 Å². The minimum Gasteiger partial charge on any atom is -0.377 e. The number of aliphatic imine (C=N–C) groups is 1. The average Bonchev–Trinajstić information content (AvgIpc) is 2.09. The second kappa shape index (κ2) is 4.20. The Morgan fingerprint density at radius 3 is 2.73 bits per heavy atom. The second-order valence-electron chi connectivity index (χ2n) is 2.19.